The van der Waals surface area contributed by atoms with E-state index in [9.17, 15) is 0 Å². The lowest BCUT2D eigenvalue weighted by molar-refractivity contribution is 1.09. The fourth-order valence-electron chi connectivity index (χ4n) is 1.84. The Morgan fingerprint density at radius 1 is 0.895 bits per heavy atom. The molecular weight excluding hydrogens is 385 g/mol. The summed E-state index contributed by atoms with van der Waals surface area (Å²) < 4.78 is 13.2. The van der Waals surface area contributed by atoms with Gasteiger partial charge in [0.15, 0.2) is 0 Å². The zero-order valence-electron chi connectivity index (χ0n) is 10.00. The average molecular weight is 397 g/mol. The van der Waals surface area contributed by atoms with E-state index in [1.807, 2.05) is 30.3 Å². The van der Waals surface area contributed by atoms with Crippen molar-refractivity contribution in [2.45, 2.75) is 13.3 Å². The van der Waals surface area contributed by atoms with Crippen molar-refractivity contribution < 1.29 is 0 Å². The predicted octanol–water partition coefficient (Wildman–Crippen LogP) is 7.70. The summed E-state index contributed by atoms with van der Waals surface area (Å²) >= 11 is 24.8. The summed E-state index contributed by atoms with van der Waals surface area (Å²) in [6, 6.07) is 9.77. The molecule has 1 unspecified atom stereocenters. The lowest BCUT2D eigenvalue weighted by atomic mass is 10.4. The molecule has 0 bridgehead atoms. The molecule has 19 heavy (non-hydrogen) atoms. The highest BCUT2D eigenvalue weighted by atomic mass is 35.9. The second-order valence-corrected chi connectivity index (χ2v) is 17.1. The number of hydrogen-bond acceptors (Lipinski definition) is 3. The van der Waals surface area contributed by atoms with Crippen LogP contribution in [-0.4, -0.2) is 6.16 Å². The van der Waals surface area contributed by atoms with Gasteiger partial charge in [-0.1, -0.05) is 37.3 Å². The Hall–Kier alpha value is 1.07. The molecule has 1 aliphatic heterocycles. The van der Waals surface area contributed by atoms with Crippen molar-refractivity contribution in [3.05, 3.63) is 30.3 Å². The van der Waals surface area contributed by atoms with E-state index in [4.69, 9.17) is 45.0 Å². The van der Waals surface area contributed by atoms with E-state index < -0.39 is 19.0 Å². The Balaban J connectivity index is 2.76. The van der Waals surface area contributed by atoms with Gasteiger partial charge in [0.25, 0.3) is 11.8 Å². The molecule has 10 heteroatoms. The minimum absolute atomic E-state index is 0.759. The minimum atomic E-state index is -2.84. The molecule has 0 spiro atoms. The number of rotatable bonds is 3. The molecule has 1 atom stereocenters. The summed E-state index contributed by atoms with van der Waals surface area (Å²) in [7, 11) is -2.26. The largest absolute Gasteiger partial charge is 0.255 e. The van der Waals surface area contributed by atoms with Gasteiger partial charge in [-0.25, -0.2) is 9.03 Å². The summed E-state index contributed by atoms with van der Waals surface area (Å²) in [5.74, 6) is -5.68. The molecule has 1 aromatic rings. The summed E-state index contributed by atoms with van der Waals surface area (Å²) in [6.45, 7) is 2.06. The molecule has 106 valence electrons. The molecule has 1 heterocycles. The molecule has 1 aromatic carbocycles. The van der Waals surface area contributed by atoms with Crippen LogP contribution < -0.4 is 5.30 Å². The van der Waals surface area contributed by atoms with Crippen molar-refractivity contribution in [1.82, 2.24) is 0 Å². The van der Waals surface area contributed by atoms with E-state index in [1.54, 1.807) is 0 Å². The maximum Gasteiger partial charge on any atom is 0.255 e. The number of halogens is 4. The van der Waals surface area contributed by atoms with Gasteiger partial charge in [-0.15, -0.1) is 0 Å². The molecule has 0 amide bonds. The van der Waals surface area contributed by atoms with Gasteiger partial charge in [0.05, 0.1) is 0 Å². The fourth-order valence-corrected chi connectivity index (χ4v) is 19.0. The van der Waals surface area contributed by atoms with Crippen LogP contribution in [0.4, 0.5) is 0 Å². The third-order valence-electron chi connectivity index (χ3n) is 2.43. The van der Waals surface area contributed by atoms with E-state index in [0.29, 0.717) is 0 Å². The number of benzene rings is 1. The van der Waals surface area contributed by atoms with Crippen molar-refractivity contribution in [2.75, 3.05) is 6.16 Å². The van der Waals surface area contributed by atoms with Gasteiger partial charge in [0, 0.05) is 11.5 Å². The van der Waals surface area contributed by atoms with Gasteiger partial charge < -0.3 is 0 Å². The summed E-state index contributed by atoms with van der Waals surface area (Å²) in [4.78, 5) is 0. The van der Waals surface area contributed by atoms with Crippen LogP contribution in [0.25, 0.3) is 0 Å². The third-order valence-corrected chi connectivity index (χ3v) is 15.3. The first-order valence-corrected chi connectivity index (χ1v) is 14.4. The van der Waals surface area contributed by atoms with E-state index in [0.717, 1.165) is 17.9 Å². The topological polar surface area (TPSA) is 37.1 Å². The fraction of sp³-hybridized carbons (Fsp3) is 0.333. The molecule has 0 aromatic heterocycles. The predicted molar refractivity (Wildman–Crippen MR) is 92.7 cm³/mol. The molecule has 0 radical (unpaired) electrons. The normalized spacial score (nSPS) is 27.8. The number of hydrogen-bond donors (Lipinski definition) is 0. The first-order valence-electron chi connectivity index (χ1n) is 5.53. The van der Waals surface area contributed by atoms with Crippen molar-refractivity contribution >= 4 is 69.3 Å². The first-order chi connectivity index (χ1) is 8.79. The SMILES string of the molecule is CCCP1(c2ccccc2)=NP(Cl)(Cl)=NP(Cl)(Cl)=N1. The van der Waals surface area contributed by atoms with Crippen LogP contribution in [-0.2, 0) is 0 Å². The van der Waals surface area contributed by atoms with Crippen LogP contribution in [0, 0.1) is 0 Å². The van der Waals surface area contributed by atoms with Crippen LogP contribution in [0.5, 0.6) is 0 Å². The molecular formula is C9H12Cl4N3P3. The highest BCUT2D eigenvalue weighted by molar-refractivity contribution is 8.21. The van der Waals surface area contributed by atoms with Gasteiger partial charge >= 0.3 is 0 Å². The van der Waals surface area contributed by atoms with Crippen LogP contribution in [0.1, 0.15) is 13.3 Å². The molecule has 2 rings (SSSR count). The zero-order chi connectivity index (χ0) is 14.1. The van der Waals surface area contributed by atoms with Gasteiger partial charge in [-0.3, -0.25) is 0 Å². The van der Waals surface area contributed by atoms with Crippen molar-refractivity contribution in [3.8, 4) is 0 Å². The maximum atomic E-state index is 6.20. The highest BCUT2D eigenvalue weighted by Gasteiger charge is 2.33. The third kappa shape index (κ3) is 4.04. The molecule has 0 N–H and O–H groups in total. The molecule has 0 saturated heterocycles. The molecule has 0 aliphatic carbocycles. The van der Waals surface area contributed by atoms with Crippen LogP contribution in [0.3, 0.4) is 0 Å². The quantitative estimate of drug-likeness (QED) is 0.469. The van der Waals surface area contributed by atoms with Crippen molar-refractivity contribution in [1.29, 1.82) is 0 Å². The Morgan fingerprint density at radius 2 is 1.47 bits per heavy atom. The zero-order valence-corrected chi connectivity index (χ0v) is 15.7. The standard InChI is InChI=1S/C9H12Cl4N3P3/c1-2-8-17(9-6-4-3-5-7-9)14-18(10,11)16-19(12,13)15-17/h3-7H,2,8H2,1H3. The van der Waals surface area contributed by atoms with Crippen LogP contribution >= 0.6 is 64.0 Å². The summed E-state index contributed by atoms with van der Waals surface area (Å²) in [6.07, 6.45) is 1.66. The first kappa shape index (κ1) is 16.4. The average Bonchev–Trinajstić information content (AvgIpc) is 2.26. The van der Waals surface area contributed by atoms with Gasteiger partial charge in [-0.2, -0.15) is 4.52 Å². The van der Waals surface area contributed by atoms with Crippen LogP contribution in [0.15, 0.2) is 43.9 Å². The lowest BCUT2D eigenvalue weighted by Gasteiger charge is -2.27. The smallest absolute Gasteiger partial charge is 0.209 e. The molecule has 1 aliphatic rings. The van der Waals surface area contributed by atoms with E-state index in [2.05, 4.69) is 20.5 Å². The highest BCUT2D eigenvalue weighted by Crippen LogP contribution is 2.84. The molecule has 0 fully saturated rings. The van der Waals surface area contributed by atoms with E-state index in [-0.39, 0.29) is 0 Å². The van der Waals surface area contributed by atoms with Gasteiger partial charge in [-0.05, 0) is 51.4 Å². The second-order valence-electron chi connectivity index (χ2n) is 3.97. The van der Waals surface area contributed by atoms with Gasteiger partial charge in [0.2, 0.25) is 0 Å². The van der Waals surface area contributed by atoms with E-state index in [1.165, 1.54) is 0 Å². The summed E-state index contributed by atoms with van der Waals surface area (Å²) in [5.41, 5.74) is 0. The molecule has 0 saturated carbocycles. The Morgan fingerprint density at radius 3 is 2.00 bits per heavy atom. The summed E-state index contributed by atoms with van der Waals surface area (Å²) in [5, 5.41) is 1.00. The van der Waals surface area contributed by atoms with E-state index >= 15 is 0 Å². The number of nitrogens with zero attached hydrogens (tertiary/aromatic N) is 3. The monoisotopic (exact) mass is 395 g/mol. The van der Waals surface area contributed by atoms with Gasteiger partial charge in [0.1, 0.15) is 7.21 Å². The lowest BCUT2D eigenvalue weighted by Crippen LogP contribution is -2.05. The Bertz CT molecular complexity index is 624. The molecule has 3 nitrogen and oxygen atoms in total. The second kappa shape index (κ2) is 6.05. The van der Waals surface area contributed by atoms with Crippen molar-refractivity contribution in [3.63, 3.8) is 0 Å². The maximum absolute atomic E-state index is 6.20. The Kier molecular flexibility index (Phi) is 5.24. The van der Waals surface area contributed by atoms with Crippen LogP contribution in [0.2, 0.25) is 0 Å². The Labute approximate surface area is 132 Å². The van der Waals surface area contributed by atoms with Crippen molar-refractivity contribution in [2.24, 2.45) is 13.5 Å². The minimum Gasteiger partial charge on any atom is -0.209 e.